The van der Waals surface area contributed by atoms with Gasteiger partial charge in [0.2, 0.25) is 5.91 Å². The Morgan fingerprint density at radius 2 is 1.92 bits per heavy atom. The summed E-state index contributed by atoms with van der Waals surface area (Å²) in [6.45, 7) is 2.49. The number of benzene rings is 1. The maximum atomic E-state index is 12.6. The highest BCUT2D eigenvalue weighted by Crippen LogP contribution is 2.28. The van der Waals surface area contributed by atoms with Crippen LogP contribution in [-0.4, -0.2) is 35.4 Å². The van der Waals surface area contributed by atoms with Crippen molar-refractivity contribution in [2.75, 3.05) is 13.6 Å². The number of amides is 1. The summed E-state index contributed by atoms with van der Waals surface area (Å²) >= 11 is 1.68. The number of nitrogens with zero attached hydrogens (tertiary/aromatic N) is 2. The molecule has 1 aliphatic rings. The number of hydrogen-bond acceptors (Lipinski definition) is 4. The van der Waals surface area contributed by atoms with E-state index in [2.05, 4.69) is 18.3 Å². The first kappa shape index (κ1) is 18.3. The lowest BCUT2D eigenvalue weighted by molar-refractivity contribution is -0.131. The highest BCUT2D eigenvalue weighted by Gasteiger charge is 2.21. The van der Waals surface area contributed by atoms with E-state index in [0.717, 1.165) is 10.5 Å². The van der Waals surface area contributed by atoms with Gasteiger partial charge in [-0.15, -0.1) is 11.3 Å². The Kier molecular flexibility index (Phi) is 6.43. The quantitative estimate of drug-likeness (QED) is 0.854. The van der Waals surface area contributed by atoms with Gasteiger partial charge < -0.3 is 10.2 Å². The fourth-order valence-corrected chi connectivity index (χ4v) is 4.53. The number of hydrogen-bond donors (Lipinski definition) is 1. The topological polar surface area (TPSA) is 45.2 Å². The minimum atomic E-state index is 0.00373. The second-order valence-corrected chi connectivity index (χ2v) is 8.19. The summed E-state index contributed by atoms with van der Waals surface area (Å²) in [5.41, 5.74) is 1.02. The number of rotatable bonds is 5. The Labute approximate surface area is 154 Å². The van der Waals surface area contributed by atoms with Gasteiger partial charge in [0.25, 0.3) is 0 Å². The molecule has 0 bridgehead atoms. The number of nitrogens with one attached hydrogen (secondary N) is 1. The molecule has 5 heteroatoms. The summed E-state index contributed by atoms with van der Waals surface area (Å²) in [6.07, 6.45) is 9.00. The van der Waals surface area contributed by atoms with Gasteiger partial charge in [-0.3, -0.25) is 4.79 Å². The van der Waals surface area contributed by atoms with Gasteiger partial charge in [-0.2, -0.15) is 0 Å². The van der Waals surface area contributed by atoms with Crippen LogP contribution in [0, 0.1) is 0 Å². The van der Waals surface area contributed by atoms with Gasteiger partial charge in [-0.05, 0) is 31.9 Å². The lowest BCUT2D eigenvalue weighted by Crippen LogP contribution is -2.41. The Hall–Kier alpha value is -1.46. The van der Waals surface area contributed by atoms with Crippen molar-refractivity contribution in [3.63, 3.8) is 0 Å². The monoisotopic (exact) mass is 359 g/mol. The van der Waals surface area contributed by atoms with Crippen molar-refractivity contribution >= 4 is 27.5 Å². The van der Waals surface area contributed by atoms with E-state index in [-0.39, 0.29) is 11.9 Å². The summed E-state index contributed by atoms with van der Waals surface area (Å²) in [7, 11) is 1.89. The summed E-state index contributed by atoms with van der Waals surface area (Å²) in [5.74, 6) is 0.147. The van der Waals surface area contributed by atoms with Crippen LogP contribution in [0.5, 0.6) is 0 Å². The molecule has 2 aromatic rings. The lowest BCUT2D eigenvalue weighted by atomic mass is 9.97. The maximum absolute atomic E-state index is 12.6. The Bertz CT molecular complexity index is 658. The van der Waals surface area contributed by atoms with Crippen molar-refractivity contribution in [1.29, 1.82) is 0 Å². The molecule has 1 saturated carbocycles. The third kappa shape index (κ3) is 4.79. The number of carbonyl (C=O) groups is 1. The molecule has 1 atom stereocenters. The first-order valence-electron chi connectivity index (χ1n) is 9.49. The van der Waals surface area contributed by atoms with Crippen LogP contribution >= 0.6 is 11.3 Å². The molecule has 4 nitrogen and oxygen atoms in total. The summed E-state index contributed by atoms with van der Waals surface area (Å²) in [5, 5.41) is 4.50. The number of aromatic nitrogens is 1. The minimum Gasteiger partial charge on any atom is -0.335 e. The van der Waals surface area contributed by atoms with Gasteiger partial charge in [0.15, 0.2) is 0 Å². The molecule has 1 heterocycles. The largest absolute Gasteiger partial charge is 0.335 e. The molecule has 1 fully saturated rings. The average molecular weight is 360 g/mol. The molecule has 0 spiro atoms. The van der Waals surface area contributed by atoms with Crippen molar-refractivity contribution < 1.29 is 4.79 Å². The Morgan fingerprint density at radius 3 is 2.64 bits per heavy atom. The SMILES string of the molecule is C[C@H](c1nc2ccccc2s1)N(C)C(=O)CNC1CCCCCCC1. The number of carbonyl (C=O) groups excluding carboxylic acids is 1. The standard InChI is InChI=1S/C20H29N3OS/c1-15(20-22-17-12-8-9-13-18(17)25-20)23(2)19(24)14-21-16-10-6-4-3-5-7-11-16/h8-9,12-13,15-16,21H,3-7,10-11,14H2,1-2H3/t15-/m1/s1. The molecule has 0 aliphatic heterocycles. The molecule has 1 aromatic carbocycles. The first-order valence-corrected chi connectivity index (χ1v) is 10.3. The average Bonchev–Trinajstić information content (AvgIpc) is 3.03. The van der Waals surface area contributed by atoms with Gasteiger partial charge in [0, 0.05) is 13.1 Å². The van der Waals surface area contributed by atoms with Crippen LogP contribution in [0.2, 0.25) is 0 Å². The van der Waals surface area contributed by atoms with Gasteiger partial charge >= 0.3 is 0 Å². The molecule has 1 aliphatic carbocycles. The second kappa shape index (κ2) is 8.77. The molecule has 0 unspecified atom stereocenters. The zero-order valence-electron chi connectivity index (χ0n) is 15.3. The van der Waals surface area contributed by atoms with E-state index in [4.69, 9.17) is 4.98 Å². The second-order valence-electron chi connectivity index (χ2n) is 7.12. The first-order chi connectivity index (χ1) is 12.1. The van der Waals surface area contributed by atoms with E-state index < -0.39 is 0 Å². The fraction of sp³-hybridized carbons (Fsp3) is 0.600. The molecule has 1 aromatic heterocycles. The predicted molar refractivity (Wildman–Crippen MR) is 105 cm³/mol. The summed E-state index contributed by atoms with van der Waals surface area (Å²) in [6, 6.07) is 8.65. The Balaban J connectivity index is 1.55. The van der Waals surface area contributed by atoms with Crippen LogP contribution in [-0.2, 0) is 4.79 Å². The van der Waals surface area contributed by atoms with Gasteiger partial charge in [-0.25, -0.2) is 4.98 Å². The van der Waals surface area contributed by atoms with E-state index in [1.54, 1.807) is 11.3 Å². The molecule has 25 heavy (non-hydrogen) atoms. The zero-order valence-corrected chi connectivity index (χ0v) is 16.1. The molecule has 1 amide bonds. The van der Waals surface area contributed by atoms with Crippen LogP contribution in [0.15, 0.2) is 24.3 Å². The maximum Gasteiger partial charge on any atom is 0.236 e. The molecular formula is C20H29N3OS. The third-order valence-electron chi connectivity index (χ3n) is 5.29. The highest BCUT2D eigenvalue weighted by molar-refractivity contribution is 7.18. The van der Waals surface area contributed by atoms with Gasteiger partial charge in [-0.1, -0.05) is 44.2 Å². The molecular weight excluding hydrogens is 330 g/mol. The Morgan fingerprint density at radius 1 is 1.24 bits per heavy atom. The predicted octanol–water partition coefficient (Wildman–Crippen LogP) is 4.52. The van der Waals surface area contributed by atoms with Crippen LogP contribution in [0.25, 0.3) is 10.2 Å². The molecule has 0 saturated heterocycles. The van der Waals surface area contributed by atoms with Crippen molar-refractivity contribution in [1.82, 2.24) is 15.2 Å². The van der Waals surface area contributed by atoms with Crippen molar-refractivity contribution in [2.24, 2.45) is 0 Å². The molecule has 0 radical (unpaired) electrons. The van der Waals surface area contributed by atoms with Crippen LogP contribution in [0.1, 0.15) is 62.9 Å². The number of fused-ring (bicyclic) bond motifs is 1. The number of likely N-dealkylation sites (N-methyl/N-ethyl adjacent to an activating group) is 1. The third-order valence-corrected chi connectivity index (χ3v) is 6.50. The van der Waals surface area contributed by atoms with Crippen molar-refractivity contribution in [3.05, 3.63) is 29.3 Å². The normalized spacial score (nSPS) is 17.8. The fourth-order valence-electron chi connectivity index (χ4n) is 3.47. The van der Waals surface area contributed by atoms with Crippen molar-refractivity contribution in [3.8, 4) is 0 Å². The number of para-hydroxylation sites is 1. The summed E-state index contributed by atoms with van der Waals surface area (Å²) < 4.78 is 1.18. The van der Waals surface area contributed by atoms with E-state index in [9.17, 15) is 4.79 Å². The lowest BCUT2D eigenvalue weighted by Gasteiger charge is -2.26. The van der Waals surface area contributed by atoms with Crippen LogP contribution in [0.4, 0.5) is 0 Å². The van der Waals surface area contributed by atoms with E-state index in [1.165, 1.54) is 49.6 Å². The molecule has 3 rings (SSSR count). The van der Waals surface area contributed by atoms with E-state index in [1.807, 2.05) is 30.1 Å². The highest BCUT2D eigenvalue weighted by atomic mass is 32.1. The number of thiazole rings is 1. The van der Waals surface area contributed by atoms with Gasteiger partial charge in [0.05, 0.1) is 22.8 Å². The minimum absolute atomic E-state index is 0.00373. The summed E-state index contributed by atoms with van der Waals surface area (Å²) in [4.78, 5) is 19.1. The zero-order chi connectivity index (χ0) is 17.6. The van der Waals surface area contributed by atoms with Crippen LogP contribution < -0.4 is 5.32 Å². The molecule has 136 valence electrons. The van der Waals surface area contributed by atoms with E-state index in [0.29, 0.717) is 12.6 Å². The molecule has 1 N–H and O–H groups in total. The van der Waals surface area contributed by atoms with Crippen molar-refractivity contribution in [2.45, 2.75) is 64.0 Å². The smallest absolute Gasteiger partial charge is 0.236 e. The van der Waals surface area contributed by atoms with Crippen LogP contribution in [0.3, 0.4) is 0 Å². The van der Waals surface area contributed by atoms with E-state index >= 15 is 0 Å². The van der Waals surface area contributed by atoms with Gasteiger partial charge in [0.1, 0.15) is 5.01 Å².